The molecule has 0 amide bonds. The molecule has 3 nitrogen and oxygen atoms in total. The van der Waals surface area contributed by atoms with Crippen LogP contribution in [0, 0.1) is 5.92 Å². The van der Waals surface area contributed by atoms with E-state index >= 15 is 0 Å². The Morgan fingerprint density at radius 3 is 2.60 bits per heavy atom. The maximum Gasteiger partial charge on any atom is 0.335 e. The standard InChI is InChI=1S/C26H23NO2S/c28-26(29)19-12-10-18(11-13-19)25-22-8-4-7-21(22)23-15-17(9-14-24(23)27-25)16-30-20-5-2-1-3-6-20/h1-7,9-15,21-22,25,27H,8,16H2,(H,28,29)/t21-,22+,25+/m1/s1. The van der Waals surface area contributed by atoms with Gasteiger partial charge in [0.1, 0.15) is 0 Å². The maximum absolute atomic E-state index is 11.2. The summed E-state index contributed by atoms with van der Waals surface area (Å²) in [7, 11) is 0. The summed E-state index contributed by atoms with van der Waals surface area (Å²) in [4.78, 5) is 12.5. The number of thioether (sulfide) groups is 1. The Hall–Kier alpha value is -2.98. The van der Waals surface area contributed by atoms with E-state index in [0.717, 1.165) is 17.7 Å². The molecule has 0 spiro atoms. The number of nitrogens with one attached hydrogen (secondary N) is 1. The number of aromatic carboxylic acids is 1. The van der Waals surface area contributed by atoms with Gasteiger partial charge in [-0.15, -0.1) is 11.8 Å². The molecule has 5 rings (SSSR count). The molecule has 0 aromatic heterocycles. The first kappa shape index (κ1) is 19.0. The zero-order valence-corrected chi connectivity index (χ0v) is 17.3. The van der Waals surface area contributed by atoms with Crippen molar-refractivity contribution >= 4 is 23.4 Å². The normalized spacial score (nSPS) is 21.5. The molecular formula is C26H23NO2S. The molecule has 3 aromatic carbocycles. The topological polar surface area (TPSA) is 49.3 Å². The predicted octanol–water partition coefficient (Wildman–Crippen LogP) is 6.50. The van der Waals surface area contributed by atoms with Crippen molar-refractivity contribution in [3.05, 3.63) is 107 Å². The predicted molar refractivity (Wildman–Crippen MR) is 122 cm³/mol. The number of carboxylic acid groups (broad SMARTS) is 1. The number of anilines is 1. The first-order valence-corrected chi connectivity index (χ1v) is 11.2. The fraction of sp³-hybridized carbons (Fsp3) is 0.192. The largest absolute Gasteiger partial charge is 0.478 e. The maximum atomic E-state index is 11.2. The molecule has 0 unspecified atom stereocenters. The summed E-state index contributed by atoms with van der Waals surface area (Å²) in [6.07, 6.45) is 5.67. The van der Waals surface area contributed by atoms with Gasteiger partial charge in [-0.1, -0.05) is 54.6 Å². The monoisotopic (exact) mass is 413 g/mol. The lowest BCUT2D eigenvalue weighted by Crippen LogP contribution is -2.29. The van der Waals surface area contributed by atoms with Gasteiger partial charge in [0.05, 0.1) is 11.6 Å². The molecular weight excluding hydrogens is 390 g/mol. The zero-order valence-electron chi connectivity index (χ0n) is 16.5. The molecule has 3 atom stereocenters. The Labute approximate surface area is 180 Å². The zero-order chi connectivity index (χ0) is 20.5. The third-order valence-electron chi connectivity index (χ3n) is 6.09. The lowest BCUT2D eigenvalue weighted by molar-refractivity contribution is 0.0697. The number of hydrogen-bond acceptors (Lipinski definition) is 3. The molecule has 2 N–H and O–H groups in total. The number of benzene rings is 3. The molecule has 3 aromatic rings. The van der Waals surface area contributed by atoms with Crippen LogP contribution in [0.4, 0.5) is 5.69 Å². The van der Waals surface area contributed by atoms with Crippen LogP contribution in [-0.2, 0) is 5.75 Å². The summed E-state index contributed by atoms with van der Waals surface area (Å²) in [5, 5.41) is 12.9. The molecule has 0 bridgehead atoms. The third-order valence-corrected chi connectivity index (χ3v) is 7.18. The van der Waals surface area contributed by atoms with Crippen molar-refractivity contribution in [1.82, 2.24) is 0 Å². The van der Waals surface area contributed by atoms with E-state index in [4.69, 9.17) is 0 Å². The van der Waals surface area contributed by atoms with Crippen LogP contribution < -0.4 is 5.32 Å². The van der Waals surface area contributed by atoms with E-state index < -0.39 is 5.97 Å². The number of rotatable bonds is 5. The van der Waals surface area contributed by atoms with Crippen molar-refractivity contribution in [3.8, 4) is 0 Å². The molecule has 0 saturated carbocycles. The average molecular weight is 414 g/mol. The molecule has 0 radical (unpaired) electrons. The highest BCUT2D eigenvalue weighted by molar-refractivity contribution is 7.98. The van der Waals surface area contributed by atoms with Gasteiger partial charge in [-0.05, 0) is 59.4 Å². The van der Waals surface area contributed by atoms with Crippen molar-refractivity contribution < 1.29 is 9.90 Å². The second-order valence-electron chi connectivity index (χ2n) is 7.93. The lowest BCUT2D eigenvalue weighted by atomic mass is 9.76. The molecule has 1 aliphatic carbocycles. The Morgan fingerprint density at radius 2 is 1.83 bits per heavy atom. The summed E-state index contributed by atoms with van der Waals surface area (Å²) in [6.45, 7) is 0. The summed E-state index contributed by atoms with van der Waals surface area (Å²) < 4.78 is 0. The third kappa shape index (κ3) is 3.63. The van der Waals surface area contributed by atoms with Crippen LogP contribution in [0.1, 0.15) is 45.4 Å². The van der Waals surface area contributed by atoms with Gasteiger partial charge < -0.3 is 10.4 Å². The van der Waals surface area contributed by atoms with Crippen LogP contribution in [-0.4, -0.2) is 11.1 Å². The minimum absolute atomic E-state index is 0.185. The van der Waals surface area contributed by atoms with Gasteiger partial charge in [-0.2, -0.15) is 0 Å². The molecule has 30 heavy (non-hydrogen) atoms. The number of carboxylic acids is 1. The lowest BCUT2D eigenvalue weighted by Gasteiger charge is -2.37. The molecule has 0 saturated heterocycles. The minimum atomic E-state index is -0.884. The molecule has 150 valence electrons. The average Bonchev–Trinajstić information content (AvgIpc) is 3.28. The van der Waals surface area contributed by atoms with E-state index in [1.165, 1.54) is 21.7 Å². The first-order chi connectivity index (χ1) is 14.7. The van der Waals surface area contributed by atoms with Crippen LogP contribution in [0.2, 0.25) is 0 Å². The van der Waals surface area contributed by atoms with E-state index in [9.17, 15) is 9.90 Å². The van der Waals surface area contributed by atoms with E-state index in [1.807, 2.05) is 30.0 Å². The minimum Gasteiger partial charge on any atom is -0.478 e. The highest BCUT2D eigenvalue weighted by Gasteiger charge is 2.37. The first-order valence-electron chi connectivity index (χ1n) is 10.3. The van der Waals surface area contributed by atoms with Crippen LogP contribution in [0.3, 0.4) is 0 Å². The van der Waals surface area contributed by atoms with Gasteiger partial charge in [0.2, 0.25) is 0 Å². The van der Waals surface area contributed by atoms with Crippen molar-refractivity contribution in [2.24, 2.45) is 5.92 Å². The fourth-order valence-electron chi connectivity index (χ4n) is 4.58. The molecule has 1 heterocycles. The van der Waals surface area contributed by atoms with Crippen LogP contribution in [0.15, 0.2) is 89.8 Å². The van der Waals surface area contributed by atoms with E-state index in [-0.39, 0.29) is 6.04 Å². The molecule has 1 aliphatic heterocycles. The van der Waals surface area contributed by atoms with Crippen LogP contribution >= 0.6 is 11.8 Å². The summed E-state index contributed by atoms with van der Waals surface area (Å²) in [5.41, 5.74) is 5.37. The Kier molecular flexibility index (Phi) is 5.09. The molecule has 0 fully saturated rings. The van der Waals surface area contributed by atoms with Gasteiger partial charge in [0.25, 0.3) is 0 Å². The number of allylic oxidation sites excluding steroid dienone is 2. The molecule has 4 heteroatoms. The van der Waals surface area contributed by atoms with E-state index in [0.29, 0.717) is 17.4 Å². The van der Waals surface area contributed by atoms with E-state index in [2.05, 4.69) is 59.9 Å². The fourth-order valence-corrected chi connectivity index (χ4v) is 5.44. The second kappa shape index (κ2) is 8.04. The molecule has 2 aliphatic rings. The number of hydrogen-bond donors (Lipinski definition) is 2. The van der Waals surface area contributed by atoms with Crippen LogP contribution in [0.25, 0.3) is 0 Å². The highest BCUT2D eigenvalue weighted by atomic mass is 32.2. The van der Waals surface area contributed by atoms with Crippen molar-refractivity contribution in [2.75, 3.05) is 5.32 Å². The van der Waals surface area contributed by atoms with Gasteiger partial charge in [-0.3, -0.25) is 0 Å². The van der Waals surface area contributed by atoms with Gasteiger partial charge in [-0.25, -0.2) is 4.79 Å². The van der Waals surface area contributed by atoms with Gasteiger partial charge >= 0.3 is 5.97 Å². The van der Waals surface area contributed by atoms with Crippen LogP contribution in [0.5, 0.6) is 0 Å². The van der Waals surface area contributed by atoms with Gasteiger partial charge in [0, 0.05) is 22.3 Å². The SMILES string of the molecule is O=C(O)c1ccc([C@@H]2Nc3ccc(CSc4ccccc4)cc3[C@@H]3C=CC[C@@H]32)cc1. The van der Waals surface area contributed by atoms with E-state index in [1.54, 1.807) is 12.1 Å². The Morgan fingerprint density at radius 1 is 1.03 bits per heavy atom. The smallest absolute Gasteiger partial charge is 0.335 e. The summed E-state index contributed by atoms with van der Waals surface area (Å²) >= 11 is 1.86. The van der Waals surface area contributed by atoms with Crippen molar-refractivity contribution in [3.63, 3.8) is 0 Å². The van der Waals surface area contributed by atoms with Crippen molar-refractivity contribution in [1.29, 1.82) is 0 Å². The summed E-state index contributed by atoms with van der Waals surface area (Å²) in [5.74, 6) is 0.917. The van der Waals surface area contributed by atoms with Gasteiger partial charge in [0.15, 0.2) is 0 Å². The number of fused-ring (bicyclic) bond motifs is 3. The second-order valence-corrected chi connectivity index (χ2v) is 8.97. The quantitative estimate of drug-likeness (QED) is 0.370. The Bertz CT molecular complexity index is 1090. The van der Waals surface area contributed by atoms with Crippen molar-refractivity contribution in [2.45, 2.75) is 29.0 Å². The highest BCUT2D eigenvalue weighted by Crippen LogP contribution is 2.50. The number of carbonyl (C=O) groups is 1. The Balaban J connectivity index is 1.40. The summed E-state index contributed by atoms with van der Waals surface area (Å²) in [6, 6.07) is 24.8.